The van der Waals surface area contributed by atoms with E-state index in [4.69, 9.17) is 21.4 Å². The topological polar surface area (TPSA) is 47.9 Å². The van der Waals surface area contributed by atoms with Crippen molar-refractivity contribution in [1.29, 1.82) is 0 Å². The lowest BCUT2D eigenvalue weighted by atomic mass is 10.2. The summed E-state index contributed by atoms with van der Waals surface area (Å²) < 4.78 is 11.5. The summed E-state index contributed by atoms with van der Waals surface area (Å²) in [4.78, 5) is 16.0. The van der Waals surface area contributed by atoms with Crippen molar-refractivity contribution in [3.8, 4) is 0 Å². The Kier molecular flexibility index (Phi) is 7.22. The molecule has 0 bridgehead atoms. The summed E-state index contributed by atoms with van der Waals surface area (Å²) >= 11 is 4.69. The van der Waals surface area contributed by atoms with Crippen LogP contribution in [-0.2, 0) is 14.0 Å². The van der Waals surface area contributed by atoms with Gasteiger partial charge in [0.25, 0.3) is 8.32 Å². The fourth-order valence-corrected chi connectivity index (χ4v) is 8.01. The van der Waals surface area contributed by atoms with Gasteiger partial charge in [-0.25, -0.2) is 9.79 Å². The van der Waals surface area contributed by atoms with E-state index in [-0.39, 0.29) is 11.6 Å². The maximum absolute atomic E-state index is 12.1. The Balaban J connectivity index is 2.59. The van der Waals surface area contributed by atoms with Crippen LogP contribution in [0.15, 0.2) is 65.7 Å². The molecule has 0 saturated heterocycles. The number of rotatable bonds is 7. The molecular formula is C21H25NO3SSi. The molecule has 0 aliphatic rings. The van der Waals surface area contributed by atoms with E-state index >= 15 is 0 Å². The third kappa shape index (κ3) is 4.60. The fraction of sp³-hybridized carbons (Fsp3) is 0.333. The van der Waals surface area contributed by atoms with E-state index in [0.717, 1.165) is 10.4 Å². The van der Waals surface area contributed by atoms with Gasteiger partial charge in [-0.1, -0.05) is 81.4 Å². The highest BCUT2D eigenvalue weighted by Crippen LogP contribution is 2.36. The third-order valence-corrected chi connectivity index (χ3v) is 9.67. The van der Waals surface area contributed by atoms with Crippen LogP contribution in [0.3, 0.4) is 0 Å². The molecule has 4 nitrogen and oxygen atoms in total. The van der Waals surface area contributed by atoms with Gasteiger partial charge in [0, 0.05) is 0 Å². The smallest absolute Gasteiger partial charge is 0.333 e. The molecule has 0 radical (unpaired) electrons. The first-order valence-corrected chi connectivity index (χ1v) is 11.1. The van der Waals surface area contributed by atoms with E-state index in [1.54, 1.807) is 0 Å². The largest absolute Gasteiger partial charge is 0.467 e. The minimum atomic E-state index is -2.73. The number of carbonyl (C=O) groups excluding carboxylic acids is 1. The zero-order valence-corrected chi connectivity index (χ0v) is 18.0. The van der Waals surface area contributed by atoms with Gasteiger partial charge < -0.3 is 9.16 Å². The molecule has 0 fully saturated rings. The molecule has 2 rings (SSSR count). The monoisotopic (exact) mass is 399 g/mol. The molecule has 0 N–H and O–H groups in total. The second kappa shape index (κ2) is 9.20. The maximum atomic E-state index is 12.1. The van der Waals surface area contributed by atoms with Gasteiger partial charge in [0.2, 0.25) is 0 Å². The van der Waals surface area contributed by atoms with Crippen LogP contribution >= 0.6 is 12.2 Å². The molecule has 27 heavy (non-hydrogen) atoms. The van der Waals surface area contributed by atoms with E-state index in [9.17, 15) is 4.79 Å². The zero-order chi connectivity index (χ0) is 19.9. The minimum absolute atomic E-state index is 0.0869. The predicted octanol–water partition coefficient (Wildman–Crippen LogP) is 3.21. The lowest BCUT2D eigenvalue weighted by molar-refractivity contribution is -0.142. The highest BCUT2D eigenvalue weighted by atomic mass is 32.1. The van der Waals surface area contributed by atoms with Gasteiger partial charge in [-0.05, 0) is 27.6 Å². The van der Waals surface area contributed by atoms with Crippen LogP contribution in [-0.4, -0.2) is 39.2 Å². The zero-order valence-electron chi connectivity index (χ0n) is 16.1. The highest BCUT2D eigenvalue weighted by Gasteiger charge is 2.50. The molecule has 142 valence electrons. The van der Waals surface area contributed by atoms with E-state index < -0.39 is 20.3 Å². The Bertz CT molecular complexity index is 760. The average Bonchev–Trinajstić information content (AvgIpc) is 2.67. The first kappa shape index (κ1) is 21.2. The van der Waals surface area contributed by atoms with E-state index in [1.807, 2.05) is 36.4 Å². The second-order valence-corrected chi connectivity index (χ2v) is 11.7. The lowest BCUT2D eigenvalue weighted by Gasteiger charge is -2.43. The second-order valence-electron chi connectivity index (χ2n) is 7.23. The standard InChI is InChI=1S/C21H25NO3SSi/c1-21(2,3)27(17-11-7-5-8-12-17,18-13-9-6-10-14-18)25-15-19(22-16-26)20(23)24-4/h5-14,19H,15H2,1-4H3/t19-/m0/s1. The molecule has 0 spiro atoms. The van der Waals surface area contributed by atoms with Crippen molar-refractivity contribution in [2.45, 2.75) is 31.9 Å². The van der Waals surface area contributed by atoms with E-state index in [0.29, 0.717) is 0 Å². The molecule has 0 saturated carbocycles. The molecule has 0 aromatic heterocycles. The van der Waals surface area contributed by atoms with Crippen molar-refractivity contribution < 1.29 is 14.0 Å². The van der Waals surface area contributed by atoms with Crippen molar-refractivity contribution >= 4 is 42.0 Å². The van der Waals surface area contributed by atoms with Crippen molar-refractivity contribution in [1.82, 2.24) is 0 Å². The Morgan fingerprint density at radius 1 is 1.07 bits per heavy atom. The van der Waals surface area contributed by atoms with Crippen molar-refractivity contribution in [2.24, 2.45) is 4.99 Å². The Hall–Kier alpha value is -2.11. The van der Waals surface area contributed by atoms with Gasteiger partial charge in [0.1, 0.15) is 0 Å². The number of isothiocyanates is 1. The van der Waals surface area contributed by atoms with Gasteiger partial charge in [0.15, 0.2) is 6.04 Å². The van der Waals surface area contributed by atoms with Crippen molar-refractivity contribution in [3.63, 3.8) is 0 Å². The minimum Gasteiger partial charge on any atom is -0.467 e. The number of hydrogen-bond donors (Lipinski definition) is 0. The third-order valence-electron chi connectivity index (χ3n) is 4.56. The Labute approximate surface area is 167 Å². The number of carbonyl (C=O) groups is 1. The Morgan fingerprint density at radius 2 is 1.56 bits per heavy atom. The van der Waals surface area contributed by atoms with Crippen molar-refractivity contribution in [3.05, 3.63) is 60.7 Å². The first-order chi connectivity index (χ1) is 12.9. The molecular weight excluding hydrogens is 374 g/mol. The fourth-order valence-electron chi connectivity index (χ4n) is 3.32. The van der Waals surface area contributed by atoms with E-state index in [2.05, 4.69) is 55.2 Å². The maximum Gasteiger partial charge on any atom is 0.333 e. The number of nitrogens with zero attached hydrogens (tertiary/aromatic N) is 1. The Morgan fingerprint density at radius 3 is 1.93 bits per heavy atom. The molecule has 0 aliphatic heterocycles. The molecule has 0 heterocycles. The number of ether oxygens (including phenoxy) is 1. The van der Waals surface area contributed by atoms with Gasteiger partial charge in [-0.3, -0.25) is 0 Å². The average molecular weight is 400 g/mol. The lowest BCUT2D eigenvalue weighted by Crippen LogP contribution is -2.67. The molecule has 0 unspecified atom stereocenters. The first-order valence-electron chi connectivity index (χ1n) is 8.76. The van der Waals surface area contributed by atoms with E-state index in [1.165, 1.54) is 7.11 Å². The van der Waals surface area contributed by atoms with Crippen LogP contribution in [0.5, 0.6) is 0 Å². The molecule has 2 aromatic rings. The van der Waals surface area contributed by atoms with Crippen LogP contribution in [0.4, 0.5) is 0 Å². The van der Waals surface area contributed by atoms with Crippen LogP contribution in [0.1, 0.15) is 20.8 Å². The number of thiocarbonyl (C=S) groups is 1. The quantitative estimate of drug-likeness (QED) is 0.310. The summed E-state index contributed by atoms with van der Waals surface area (Å²) in [5.74, 6) is -0.481. The normalized spacial score (nSPS) is 12.7. The number of hydrogen-bond acceptors (Lipinski definition) is 5. The molecule has 0 amide bonds. The van der Waals surface area contributed by atoms with Gasteiger partial charge in [0.05, 0.1) is 18.9 Å². The van der Waals surface area contributed by atoms with Crippen LogP contribution in [0.25, 0.3) is 0 Å². The van der Waals surface area contributed by atoms with Crippen LogP contribution in [0, 0.1) is 0 Å². The number of aliphatic imine (C=N–C) groups is 1. The summed E-state index contributed by atoms with van der Waals surface area (Å²) in [6, 6.07) is 19.6. The molecule has 6 heteroatoms. The molecule has 1 atom stereocenters. The van der Waals surface area contributed by atoms with Gasteiger partial charge in [-0.15, -0.1) is 0 Å². The summed E-state index contributed by atoms with van der Waals surface area (Å²) in [6.45, 7) is 6.61. The summed E-state index contributed by atoms with van der Waals surface area (Å²) in [5.41, 5.74) is 0. The molecule has 2 aromatic carbocycles. The summed E-state index contributed by atoms with van der Waals surface area (Å²) in [7, 11) is -1.40. The van der Waals surface area contributed by atoms with Crippen LogP contribution < -0.4 is 10.4 Å². The van der Waals surface area contributed by atoms with Gasteiger partial charge >= 0.3 is 5.97 Å². The van der Waals surface area contributed by atoms with Crippen molar-refractivity contribution in [2.75, 3.05) is 13.7 Å². The molecule has 0 aliphatic carbocycles. The van der Waals surface area contributed by atoms with Crippen LogP contribution in [0.2, 0.25) is 5.04 Å². The highest BCUT2D eigenvalue weighted by molar-refractivity contribution is 7.78. The predicted molar refractivity (Wildman–Crippen MR) is 114 cm³/mol. The van der Waals surface area contributed by atoms with Gasteiger partial charge in [-0.2, -0.15) is 0 Å². The number of esters is 1. The number of benzene rings is 2. The SMILES string of the molecule is COC(=O)[C@H](CO[Si](c1ccccc1)(c1ccccc1)C(C)(C)C)N=C=S. The summed E-state index contributed by atoms with van der Waals surface area (Å²) in [5, 5.41) is 4.37. The summed E-state index contributed by atoms with van der Waals surface area (Å²) in [6.07, 6.45) is 0. The number of methoxy groups -OCH3 is 1.